The van der Waals surface area contributed by atoms with E-state index in [2.05, 4.69) is 0 Å². The van der Waals surface area contributed by atoms with E-state index >= 15 is 0 Å². The van der Waals surface area contributed by atoms with E-state index < -0.39 is 6.10 Å². The molecule has 0 spiro atoms. The van der Waals surface area contributed by atoms with Gasteiger partial charge in [0.1, 0.15) is 11.8 Å². The summed E-state index contributed by atoms with van der Waals surface area (Å²) in [6.07, 6.45) is -0.761. The van der Waals surface area contributed by atoms with Crippen LogP contribution in [0.15, 0.2) is 54.6 Å². The lowest BCUT2D eigenvalue weighted by Gasteiger charge is -2.10. The number of nitrogens with zero attached hydrogens (tertiary/aromatic N) is 1. The van der Waals surface area contributed by atoms with E-state index in [-0.39, 0.29) is 0 Å². The Balaban J connectivity index is 1.98. The predicted octanol–water partition coefficient (Wildman–Crippen LogP) is 3.27. The van der Waals surface area contributed by atoms with Crippen molar-refractivity contribution in [1.82, 2.24) is 0 Å². The summed E-state index contributed by atoms with van der Waals surface area (Å²) in [5.41, 5.74) is 0.749. The molecule has 0 amide bonds. The van der Waals surface area contributed by atoms with Crippen molar-refractivity contribution in [2.24, 2.45) is 0 Å². The second-order valence-electron chi connectivity index (χ2n) is 3.77. The maximum Gasteiger partial charge on any atom is 0.215 e. The summed E-state index contributed by atoms with van der Waals surface area (Å²) >= 11 is 0. The van der Waals surface area contributed by atoms with Gasteiger partial charge in [-0.05, 0) is 29.8 Å². The molecule has 2 aromatic rings. The minimum Gasteiger partial charge on any atom is -0.497 e. The van der Waals surface area contributed by atoms with Crippen molar-refractivity contribution in [1.29, 1.82) is 5.26 Å². The molecule has 0 fully saturated rings. The van der Waals surface area contributed by atoms with Crippen molar-refractivity contribution in [3.05, 3.63) is 60.2 Å². The summed E-state index contributed by atoms with van der Waals surface area (Å²) < 4.78 is 5.04. The molecule has 0 aliphatic rings. The Morgan fingerprint density at radius 1 is 0.947 bits per heavy atom. The quantitative estimate of drug-likeness (QED) is 0.607. The van der Waals surface area contributed by atoms with E-state index in [9.17, 15) is 0 Å². The van der Waals surface area contributed by atoms with E-state index in [0.717, 1.165) is 11.3 Å². The van der Waals surface area contributed by atoms with Crippen molar-refractivity contribution >= 4 is 0 Å². The lowest BCUT2D eigenvalue weighted by molar-refractivity contribution is -0.231. The summed E-state index contributed by atoms with van der Waals surface area (Å²) in [4.78, 5) is 10.3. The molecule has 2 rings (SSSR count). The lowest BCUT2D eigenvalue weighted by atomic mass is 10.1. The Bertz CT molecular complexity index is 546. The van der Waals surface area contributed by atoms with Gasteiger partial charge >= 0.3 is 0 Å². The number of hydrogen-bond acceptors (Lipinski definition) is 4. The van der Waals surface area contributed by atoms with Crippen molar-refractivity contribution < 1.29 is 14.5 Å². The fourth-order valence-electron chi connectivity index (χ4n) is 1.51. The second kappa shape index (κ2) is 6.43. The molecule has 0 saturated heterocycles. The van der Waals surface area contributed by atoms with Crippen molar-refractivity contribution in [3.8, 4) is 17.6 Å². The first-order valence-electron chi connectivity index (χ1n) is 5.75. The number of methoxy groups -OCH3 is 1. The minimum atomic E-state index is -0.761. The van der Waals surface area contributed by atoms with E-state index in [1.54, 1.807) is 31.4 Å². The summed E-state index contributed by atoms with van der Waals surface area (Å²) in [5.74, 6) is 1.24. The molecule has 19 heavy (non-hydrogen) atoms. The Morgan fingerprint density at radius 2 is 1.58 bits per heavy atom. The van der Waals surface area contributed by atoms with Crippen LogP contribution in [-0.4, -0.2) is 7.11 Å². The monoisotopic (exact) mass is 255 g/mol. The molecular weight excluding hydrogens is 242 g/mol. The zero-order valence-electron chi connectivity index (χ0n) is 10.4. The first-order chi connectivity index (χ1) is 9.33. The molecular formula is C15H13NO3. The average molecular weight is 255 g/mol. The third kappa shape index (κ3) is 3.47. The molecule has 96 valence electrons. The zero-order valence-corrected chi connectivity index (χ0v) is 10.4. The maximum atomic E-state index is 9.06. The van der Waals surface area contributed by atoms with Gasteiger partial charge in [0.15, 0.2) is 5.75 Å². The van der Waals surface area contributed by atoms with Crippen LogP contribution >= 0.6 is 0 Å². The molecule has 1 atom stereocenters. The van der Waals surface area contributed by atoms with Gasteiger partial charge in [0.25, 0.3) is 0 Å². The molecule has 0 radical (unpaired) electrons. The fraction of sp³-hybridized carbons (Fsp3) is 0.133. The SMILES string of the molecule is COc1ccc(OOC(C#N)c2ccccc2)cc1. The second-order valence-corrected chi connectivity index (χ2v) is 3.77. The minimum absolute atomic E-state index is 0.511. The number of rotatable bonds is 5. The molecule has 0 aliphatic carbocycles. The molecule has 1 unspecified atom stereocenters. The molecule has 0 heterocycles. The summed E-state index contributed by atoms with van der Waals surface area (Å²) in [6, 6.07) is 18.1. The van der Waals surface area contributed by atoms with Crippen molar-refractivity contribution in [3.63, 3.8) is 0 Å². The van der Waals surface area contributed by atoms with Gasteiger partial charge in [-0.1, -0.05) is 30.3 Å². The van der Waals surface area contributed by atoms with Crippen LogP contribution in [-0.2, 0) is 4.89 Å². The van der Waals surface area contributed by atoms with Crippen molar-refractivity contribution in [2.45, 2.75) is 6.10 Å². The Kier molecular flexibility index (Phi) is 4.38. The van der Waals surface area contributed by atoms with Gasteiger partial charge in [-0.25, -0.2) is 0 Å². The van der Waals surface area contributed by atoms with Gasteiger partial charge in [-0.3, -0.25) is 0 Å². The molecule has 0 aliphatic heterocycles. The average Bonchev–Trinajstić information content (AvgIpc) is 2.49. The van der Waals surface area contributed by atoms with E-state index in [1.807, 2.05) is 36.4 Å². The fourth-order valence-corrected chi connectivity index (χ4v) is 1.51. The maximum absolute atomic E-state index is 9.06. The van der Waals surface area contributed by atoms with Gasteiger partial charge in [-0.15, -0.1) is 0 Å². The molecule has 0 saturated carbocycles. The highest BCUT2D eigenvalue weighted by Crippen LogP contribution is 2.21. The van der Waals surface area contributed by atoms with E-state index in [1.165, 1.54) is 0 Å². The van der Waals surface area contributed by atoms with Gasteiger partial charge in [0, 0.05) is 0 Å². The smallest absolute Gasteiger partial charge is 0.215 e. The van der Waals surface area contributed by atoms with Crippen LogP contribution in [0.3, 0.4) is 0 Å². The predicted molar refractivity (Wildman–Crippen MR) is 69.5 cm³/mol. The molecule has 2 aromatic carbocycles. The van der Waals surface area contributed by atoms with E-state index in [0.29, 0.717) is 5.75 Å². The van der Waals surface area contributed by atoms with Gasteiger partial charge in [0.05, 0.1) is 7.11 Å². The van der Waals surface area contributed by atoms with Gasteiger partial charge < -0.3 is 9.62 Å². The van der Waals surface area contributed by atoms with E-state index in [4.69, 9.17) is 19.8 Å². The number of hydrogen-bond donors (Lipinski definition) is 0. The molecule has 4 nitrogen and oxygen atoms in total. The van der Waals surface area contributed by atoms with Crippen LogP contribution < -0.4 is 9.62 Å². The Labute approximate surface area is 111 Å². The van der Waals surface area contributed by atoms with Crippen LogP contribution in [0.4, 0.5) is 0 Å². The number of ether oxygens (including phenoxy) is 1. The third-order valence-corrected chi connectivity index (χ3v) is 2.52. The van der Waals surface area contributed by atoms with Crippen LogP contribution in [0.25, 0.3) is 0 Å². The summed E-state index contributed by atoms with van der Waals surface area (Å²) in [6.45, 7) is 0. The molecule has 4 heteroatoms. The molecule has 0 aromatic heterocycles. The molecule has 0 bridgehead atoms. The van der Waals surface area contributed by atoms with Gasteiger partial charge in [-0.2, -0.15) is 10.1 Å². The van der Waals surface area contributed by atoms with Crippen LogP contribution in [0.1, 0.15) is 11.7 Å². The highest BCUT2D eigenvalue weighted by molar-refractivity contribution is 5.30. The summed E-state index contributed by atoms with van der Waals surface area (Å²) in [7, 11) is 1.59. The first kappa shape index (κ1) is 12.9. The topological polar surface area (TPSA) is 51.5 Å². The lowest BCUT2D eigenvalue weighted by Crippen LogP contribution is -2.05. The Morgan fingerprint density at radius 3 is 2.16 bits per heavy atom. The summed E-state index contributed by atoms with van der Waals surface area (Å²) in [5, 5.41) is 9.06. The van der Waals surface area contributed by atoms with Crippen molar-refractivity contribution in [2.75, 3.05) is 7.11 Å². The standard InChI is InChI=1S/C15H13NO3/c1-17-13-7-9-14(10-8-13)18-19-15(11-16)12-5-3-2-4-6-12/h2-10,15H,1H3. The van der Waals surface area contributed by atoms with Crippen LogP contribution in [0, 0.1) is 11.3 Å². The largest absolute Gasteiger partial charge is 0.497 e. The zero-order chi connectivity index (χ0) is 13.5. The highest BCUT2D eigenvalue weighted by Gasteiger charge is 2.12. The van der Waals surface area contributed by atoms with Gasteiger partial charge in [0.2, 0.25) is 6.10 Å². The van der Waals surface area contributed by atoms with Crippen LogP contribution in [0.2, 0.25) is 0 Å². The van der Waals surface area contributed by atoms with Crippen LogP contribution in [0.5, 0.6) is 11.5 Å². The number of benzene rings is 2. The molecule has 0 N–H and O–H groups in total. The highest BCUT2D eigenvalue weighted by atomic mass is 17.2. The third-order valence-electron chi connectivity index (χ3n) is 2.52. The Hall–Kier alpha value is -2.51. The normalized spacial score (nSPS) is 11.4. The first-order valence-corrected chi connectivity index (χ1v) is 5.75. The number of nitriles is 1.